The van der Waals surface area contributed by atoms with Crippen LogP contribution in [-0.4, -0.2) is 50.7 Å². The highest BCUT2D eigenvalue weighted by Gasteiger charge is 2.24. The molecule has 3 aromatic rings. The van der Waals surface area contributed by atoms with Gasteiger partial charge in [0.15, 0.2) is 0 Å². The Morgan fingerprint density at radius 1 is 1.38 bits per heavy atom. The summed E-state index contributed by atoms with van der Waals surface area (Å²) in [4.78, 5) is 28.6. The van der Waals surface area contributed by atoms with Gasteiger partial charge in [-0.15, -0.1) is 0 Å². The first-order valence-electron chi connectivity index (χ1n) is 9.42. The Labute approximate surface area is 168 Å². The molecule has 0 aliphatic carbocycles. The minimum atomic E-state index is -1.14. The number of hydrogen-bond acceptors (Lipinski definition) is 5. The second-order valence-corrected chi connectivity index (χ2v) is 7.30. The van der Waals surface area contributed by atoms with Crippen molar-refractivity contribution >= 4 is 23.2 Å². The van der Waals surface area contributed by atoms with Crippen LogP contribution in [-0.2, 0) is 16.9 Å². The zero-order valence-electron chi connectivity index (χ0n) is 16.8. The van der Waals surface area contributed by atoms with Gasteiger partial charge in [0.05, 0.1) is 23.0 Å². The number of carbonyl (C=O) groups excluding carboxylic acids is 2. The van der Waals surface area contributed by atoms with Crippen molar-refractivity contribution in [3.8, 4) is 11.3 Å². The molecule has 1 atom stereocenters. The summed E-state index contributed by atoms with van der Waals surface area (Å²) in [5, 5.41) is 16.1. The number of benzene rings is 1. The number of aliphatic hydroxyl groups is 1. The monoisotopic (exact) mass is 395 g/mol. The van der Waals surface area contributed by atoms with Gasteiger partial charge in [-0.25, -0.2) is 4.98 Å². The van der Waals surface area contributed by atoms with E-state index in [1.54, 1.807) is 30.9 Å². The zero-order chi connectivity index (χ0) is 21.2. The SMILES string of the molecule is CCn1ncc2c(-c3cccc(C(C)(O)CCN(C)C=O)c3)nc(C(N)=O)cc21. The molecule has 3 rings (SSSR count). The van der Waals surface area contributed by atoms with Crippen molar-refractivity contribution in [2.24, 2.45) is 5.73 Å². The minimum Gasteiger partial charge on any atom is -0.385 e. The summed E-state index contributed by atoms with van der Waals surface area (Å²) in [5.41, 5.74) is 7.30. The summed E-state index contributed by atoms with van der Waals surface area (Å²) < 4.78 is 1.78. The van der Waals surface area contributed by atoms with Gasteiger partial charge in [-0.1, -0.05) is 18.2 Å². The first-order valence-corrected chi connectivity index (χ1v) is 9.42. The number of hydrogen-bond donors (Lipinski definition) is 2. The number of primary amides is 1. The number of nitrogens with two attached hydrogens (primary N) is 1. The number of nitrogens with zero attached hydrogens (tertiary/aromatic N) is 4. The fraction of sp³-hybridized carbons (Fsp3) is 0.333. The number of amides is 2. The molecule has 29 heavy (non-hydrogen) atoms. The van der Waals surface area contributed by atoms with Gasteiger partial charge < -0.3 is 15.7 Å². The summed E-state index contributed by atoms with van der Waals surface area (Å²) >= 11 is 0. The molecule has 0 bridgehead atoms. The standard InChI is InChI=1S/C21H25N5O3/c1-4-26-18-11-17(20(22)28)24-19(16(18)12-23-26)14-6-5-7-15(10-14)21(2,29)8-9-25(3)13-27/h5-7,10-13,29H,4,8-9H2,1-3H3,(H2,22,28). The molecular formula is C21H25N5O3. The molecule has 2 amide bonds. The van der Waals surface area contributed by atoms with E-state index in [-0.39, 0.29) is 5.69 Å². The Balaban J connectivity index is 2.09. The molecule has 8 nitrogen and oxygen atoms in total. The predicted octanol–water partition coefficient (Wildman–Crippen LogP) is 1.90. The molecule has 3 N–H and O–H groups in total. The van der Waals surface area contributed by atoms with Crippen LogP contribution in [0, 0.1) is 0 Å². The van der Waals surface area contributed by atoms with Crippen molar-refractivity contribution < 1.29 is 14.7 Å². The smallest absolute Gasteiger partial charge is 0.267 e. The molecule has 1 aromatic carbocycles. The van der Waals surface area contributed by atoms with Crippen LogP contribution in [0.15, 0.2) is 36.5 Å². The molecule has 0 fully saturated rings. The number of aryl methyl sites for hydroxylation is 1. The maximum absolute atomic E-state index is 11.8. The third kappa shape index (κ3) is 4.12. The third-order valence-electron chi connectivity index (χ3n) is 5.08. The largest absolute Gasteiger partial charge is 0.385 e. The van der Waals surface area contributed by atoms with Crippen LogP contribution >= 0.6 is 0 Å². The zero-order valence-corrected chi connectivity index (χ0v) is 16.8. The molecule has 0 saturated heterocycles. The van der Waals surface area contributed by atoms with Crippen LogP contribution in [0.3, 0.4) is 0 Å². The summed E-state index contributed by atoms with van der Waals surface area (Å²) in [6, 6.07) is 9.02. The molecule has 0 spiro atoms. The molecule has 0 saturated carbocycles. The van der Waals surface area contributed by atoms with Crippen molar-refractivity contribution in [1.82, 2.24) is 19.7 Å². The summed E-state index contributed by atoms with van der Waals surface area (Å²) in [5.74, 6) is -0.614. The number of rotatable bonds is 8. The van der Waals surface area contributed by atoms with Crippen molar-refractivity contribution in [2.45, 2.75) is 32.4 Å². The van der Waals surface area contributed by atoms with E-state index in [1.807, 2.05) is 31.2 Å². The topological polar surface area (TPSA) is 114 Å². The van der Waals surface area contributed by atoms with Gasteiger partial charge in [-0.3, -0.25) is 14.3 Å². The molecule has 1 unspecified atom stereocenters. The van der Waals surface area contributed by atoms with Gasteiger partial charge in [0.1, 0.15) is 5.69 Å². The fourth-order valence-corrected chi connectivity index (χ4v) is 3.26. The molecule has 152 valence electrons. The average molecular weight is 395 g/mol. The summed E-state index contributed by atoms with van der Waals surface area (Å²) in [7, 11) is 1.67. The summed E-state index contributed by atoms with van der Waals surface area (Å²) in [6.45, 7) is 4.74. The minimum absolute atomic E-state index is 0.160. The van der Waals surface area contributed by atoms with Crippen LogP contribution in [0.25, 0.3) is 22.2 Å². The Morgan fingerprint density at radius 3 is 2.79 bits per heavy atom. The van der Waals surface area contributed by atoms with Crippen LogP contribution < -0.4 is 5.73 Å². The van der Waals surface area contributed by atoms with E-state index in [9.17, 15) is 14.7 Å². The van der Waals surface area contributed by atoms with Gasteiger partial charge in [-0.2, -0.15) is 5.10 Å². The van der Waals surface area contributed by atoms with Gasteiger partial charge in [0.25, 0.3) is 5.91 Å². The van der Waals surface area contributed by atoms with Crippen molar-refractivity contribution in [3.05, 3.63) is 47.8 Å². The maximum Gasteiger partial charge on any atom is 0.267 e. The third-order valence-corrected chi connectivity index (χ3v) is 5.08. The number of aromatic nitrogens is 3. The lowest BCUT2D eigenvalue weighted by atomic mass is 9.90. The molecule has 0 aliphatic heterocycles. The van der Waals surface area contributed by atoms with Gasteiger partial charge in [-0.05, 0) is 38.0 Å². The van der Waals surface area contributed by atoms with Crippen LogP contribution in [0.4, 0.5) is 0 Å². The molecule has 8 heteroatoms. The summed E-state index contributed by atoms with van der Waals surface area (Å²) in [6.07, 6.45) is 2.83. The van der Waals surface area contributed by atoms with E-state index in [2.05, 4.69) is 10.1 Å². The van der Waals surface area contributed by atoms with E-state index >= 15 is 0 Å². The van der Waals surface area contributed by atoms with Crippen LogP contribution in [0.5, 0.6) is 0 Å². The molecular weight excluding hydrogens is 370 g/mol. The van der Waals surface area contributed by atoms with E-state index < -0.39 is 11.5 Å². The molecule has 0 aliphatic rings. The lowest BCUT2D eigenvalue weighted by Gasteiger charge is -2.26. The van der Waals surface area contributed by atoms with Gasteiger partial charge >= 0.3 is 0 Å². The Kier molecular flexibility index (Phi) is 5.65. The molecule has 2 heterocycles. The Hall–Kier alpha value is -3.26. The quantitative estimate of drug-likeness (QED) is 0.566. The van der Waals surface area contributed by atoms with Crippen LogP contribution in [0.2, 0.25) is 0 Å². The van der Waals surface area contributed by atoms with E-state index in [1.165, 1.54) is 4.90 Å². The maximum atomic E-state index is 11.8. The highest BCUT2D eigenvalue weighted by Crippen LogP contribution is 2.32. The van der Waals surface area contributed by atoms with Gasteiger partial charge in [0, 0.05) is 31.1 Å². The van der Waals surface area contributed by atoms with Crippen molar-refractivity contribution in [2.75, 3.05) is 13.6 Å². The first-order chi connectivity index (χ1) is 13.8. The molecule has 0 radical (unpaired) electrons. The number of fused-ring (bicyclic) bond motifs is 1. The highest BCUT2D eigenvalue weighted by atomic mass is 16.3. The van der Waals surface area contributed by atoms with E-state index in [4.69, 9.17) is 5.73 Å². The fourth-order valence-electron chi connectivity index (χ4n) is 3.26. The van der Waals surface area contributed by atoms with Crippen LogP contribution in [0.1, 0.15) is 36.3 Å². The van der Waals surface area contributed by atoms with Crippen molar-refractivity contribution in [1.29, 1.82) is 0 Å². The average Bonchev–Trinajstić information content (AvgIpc) is 3.14. The Bertz CT molecular complexity index is 1060. The lowest BCUT2D eigenvalue weighted by molar-refractivity contribution is -0.117. The first kappa shape index (κ1) is 20.5. The predicted molar refractivity (Wildman–Crippen MR) is 110 cm³/mol. The number of carbonyl (C=O) groups is 2. The second kappa shape index (κ2) is 8.00. The van der Waals surface area contributed by atoms with E-state index in [0.717, 1.165) is 22.9 Å². The highest BCUT2D eigenvalue weighted by molar-refractivity contribution is 5.99. The lowest BCUT2D eigenvalue weighted by Crippen LogP contribution is -2.28. The van der Waals surface area contributed by atoms with E-state index in [0.29, 0.717) is 30.8 Å². The van der Waals surface area contributed by atoms with Gasteiger partial charge in [0.2, 0.25) is 6.41 Å². The van der Waals surface area contributed by atoms with Crippen molar-refractivity contribution in [3.63, 3.8) is 0 Å². The number of pyridine rings is 1. The normalized spacial score (nSPS) is 13.2. The molecule has 2 aromatic heterocycles. The second-order valence-electron chi connectivity index (χ2n) is 7.30. The Morgan fingerprint density at radius 2 is 2.14 bits per heavy atom.